The second kappa shape index (κ2) is 8.51. The lowest BCUT2D eigenvalue weighted by Crippen LogP contribution is -2.43. The average molecular weight is 420 g/mol. The third kappa shape index (κ3) is 5.19. The summed E-state index contributed by atoms with van der Waals surface area (Å²) in [6.07, 6.45) is 2.33. The van der Waals surface area contributed by atoms with Gasteiger partial charge in [0.2, 0.25) is 5.91 Å². The predicted octanol–water partition coefficient (Wildman–Crippen LogP) is 3.05. The van der Waals surface area contributed by atoms with Crippen molar-refractivity contribution in [1.82, 2.24) is 10.2 Å². The molecule has 1 aliphatic rings. The van der Waals surface area contributed by atoms with E-state index in [2.05, 4.69) is 38.5 Å². The first-order valence-corrected chi connectivity index (χ1v) is 9.42. The van der Waals surface area contributed by atoms with Crippen molar-refractivity contribution in [1.29, 1.82) is 0 Å². The Balaban J connectivity index is 1.49. The first-order valence-electron chi connectivity index (χ1n) is 8.63. The van der Waals surface area contributed by atoms with Crippen LogP contribution in [-0.2, 0) is 11.2 Å². The Labute approximate surface area is 161 Å². The summed E-state index contributed by atoms with van der Waals surface area (Å²) in [6.45, 7) is 2.04. The van der Waals surface area contributed by atoms with Crippen LogP contribution in [0.2, 0.25) is 0 Å². The molecule has 0 radical (unpaired) electrons. The van der Waals surface area contributed by atoms with E-state index in [0.29, 0.717) is 16.8 Å². The van der Waals surface area contributed by atoms with Crippen LogP contribution < -0.4 is 10.6 Å². The van der Waals surface area contributed by atoms with Crippen LogP contribution in [0.4, 0.5) is 5.69 Å². The summed E-state index contributed by atoms with van der Waals surface area (Å²) in [5.41, 5.74) is 1.57. The number of piperidine rings is 1. The largest absolute Gasteiger partial charge is 0.444 e. The Hall–Kier alpha value is -2.12. The lowest BCUT2D eigenvalue weighted by molar-refractivity contribution is -0.121. The van der Waals surface area contributed by atoms with Crippen LogP contribution in [0.1, 0.15) is 29.0 Å². The number of furan rings is 1. The highest BCUT2D eigenvalue weighted by Gasteiger charge is 2.18. The van der Waals surface area contributed by atoms with Gasteiger partial charge in [0, 0.05) is 11.7 Å². The second-order valence-electron chi connectivity index (χ2n) is 6.58. The summed E-state index contributed by atoms with van der Waals surface area (Å²) >= 11 is 3.17. The number of hydrogen-bond donors (Lipinski definition) is 2. The van der Waals surface area contributed by atoms with E-state index in [1.165, 1.54) is 0 Å². The topological polar surface area (TPSA) is 74.6 Å². The zero-order valence-electron chi connectivity index (χ0n) is 14.6. The summed E-state index contributed by atoms with van der Waals surface area (Å²) in [5, 5.41) is 5.87. The molecule has 26 heavy (non-hydrogen) atoms. The molecule has 2 heterocycles. The molecular formula is C19H22BrN3O3. The average Bonchev–Trinajstić information content (AvgIpc) is 3.05. The first-order chi connectivity index (χ1) is 12.5. The van der Waals surface area contributed by atoms with Crippen LogP contribution in [0.15, 0.2) is 45.5 Å². The van der Waals surface area contributed by atoms with Crippen molar-refractivity contribution in [3.05, 3.63) is 52.4 Å². The number of carbonyl (C=O) groups excluding carboxylic acids is 2. The molecule has 0 atom stereocenters. The van der Waals surface area contributed by atoms with E-state index in [-0.39, 0.29) is 23.6 Å². The van der Waals surface area contributed by atoms with Gasteiger partial charge in [0.1, 0.15) is 0 Å². The SMILES string of the molecule is CN1CCC(NC(=O)Cc2ccc(NC(=O)c3ccc(Br)o3)cc2)CC1. The highest BCUT2D eigenvalue weighted by atomic mass is 79.9. The summed E-state index contributed by atoms with van der Waals surface area (Å²) < 4.78 is 5.73. The number of likely N-dealkylation sites (tertiary alicyclic amines) is 1. The van der Waals surface area contributed by atoms with Crippen LogP contribution in [0.3, 0.4) is 0 Å². The molecule has 3 rings (SSSR count). The van der Waals surface area contributed by atoms with Gasteiger partial charge in [-0.2, -0.15) is 0 Å². The minimum absolute atomic E-state index is 0.0387. The van der Waals surface area contributed by atoms with Crippen LogP contribution in [0.5, 0.6) is 0 Å². The van der Waals surface area contributed by atoms with Crippen molar-refractivity contribution in [2.75, 3.05) is 25.5 Å². The monoisotopic (exact) mass is 419 g/mol. The fourth-order valence-electron chi connectivity index (χ4n) is 2.95. The summed E-state index contributed by atoms with van der Waals surface area (Å²) in [5.74, 6) is -0.0429. The number of nitrogens with zero attached hydrogens (tertiary/aromatic N) is 1. The lowest BCUT2D eigenvalue weighted by Gasteiger charge is -2.29. The zero-order valence-corrected chi connectivity index (χ0v) is 16.2. The van der Waals surface area contributed by atoms with Gasteiger partial charge >= 0.3 is 0 Å². The summed E-state index contributed by atoms with van der Waals surface area (Å²) in [7, 11) is 2.10. The molecule has 0 aliphatic carbocycles. The summed E-state index contributed by atoms with van der Waals surface area (Å²) in [6, 6.07) is 10.8. The lowest BCUT2D eigenvalue weighted by atomic mass is 10.0. The molecule has 7 heteroatoms. The van der Waals surface area contributed by atoms with Gasteiger partial charge in [-0.25, -0.2) is 0 Å². The van der Waals surface area contributed by atoms with Gasteiger partial charge in [-0.15, -0.1) is 0 Å². The van der Waals surface area contributed by atoms with E-state index in [1.807, 2.05) is 12.1 Å². The van der Waals surface area contributed by atoms with Gasteiger partial charge in [-0.1, -0.05) is 12.1 Å². The maximum atomic E-state index is 12.2. The number of amides is 2. The Kier molecular flexibility index (Phi) is 6.11. The van der Waals surface area contributed by atoms with Gasteiger partial charge in [-0.3, -0.25) is 9.59 Å². The first kappa shape index (κ1) is 18.7. The molecule has 0 bridgehead atoms. The molecular weight excluding hydrogens is 398 g/mol. The van der Waals surface area contributed by atoms with Crippen molar-refractivity contribution in [3.8, 4) is 0 Å². The highest BCUT2D eigenvalue weighted by molar-refractivity contribution is 9.10. The maximum Gasteiger partial charge on any atom is 0.291 e. The Morgan fingerprint density at radius 3 is 2.46 bits per heavy atom. The number of benzene rings is 1. The molecule has 0 saturated carbocycles. The minimum atomic E-state index is -0.316. The van der Waals surface area contributed by atoms with Gasteiger partial charge in [0.15, 0.2) is 10.4 Å². The number of carbonyl (C=O) groups is 2. The molecule has 1 fully saturated rings. The van der Waals surface area contributed by atoms with Crippen molar-refractivity contribution in [2.45, 2.75) is 25.3 Å². The Morgan fingerprint density at radius 2 is 1.85 bits per heavy atom. The zero-order chi connectivity index (χ0) is 18.5. The Morgan fingerprint density at radius 1 is 1.15 bits per heavy atom. The van der Waals surface area contributed by atoms with Crippen LogP contribution in [0.25, 0.3) is 0 Å². The molecule has 6 nitrogen and oxygen atoms in total. The molecule has 1 aromatic heterocycles. The van der Waals surface area contributed by atoms with Crippen molar-refractivity contribution in [2.24, 2.45) is 0 Å². The molecule has 1 saturated heterocycles. The van der Waals surface area contributed by atoms with E-state index >= 15 is 0 Å². The molecule has 0 unspecified atom stereocenters. The standard InChI is InChI=1S/C19H22BrN3O3/c1-23-10-8-15(9-11-23)21-18(24)12-13-2-4-14(5-3-13)22-19(25)16-6-7-17(20)26-16/h2-7,15H,8-12H2,1H3,(H,21,24)(H,22,25). The fourth-order valence-corrected chi connectivity index (χ4v) is 3.26. The summed E-state index contributed by atoms with van der Waals surface area (Å²) in [4.78, 5) is 26.5. The molecule has 0 spiro atoms. The van der Waals surface area contributed by atoms with Crippen molar-refractivity contribution < 1.29 is 14.0 Å². The van der Waals surface area contributed by atoms with E-state index in [1.54, 1.807) is 24.3 Å². The third-order valence-electron chi connectivity index (χ3n) is 4.46. The van der Waals surface area contributed by atoms with Crippen LogP contribution >= 0.6 is 15.9 Å². The smallest absolute Gasteiger partial charge is 0.291 e. The van der Waals surface area contributed by atoms with E-state index < -0.39 is 0 Å². The van der Waals surface area contributed by atoms with Crippen LogP contribution in [0, 0.1) is 0 Å². The molecule has 1 aliphatic heterocycles. The van der Waals surface area contributed by atoms with Crippen molar-refractivity contribution >= 4 is 33.4 Å². The maximum absolute atomic E-state index is 12.2. The quantitative estimate of drug-likeness (QED) is 0.780. The molecule has 2 amide bonds. The highest BCUT2D eigenvalue weighted by Crippen LogP contribution is 2.17. The second-order valence-corrected chi connectivity index (χ2v) is 7.36. The fraction of sp³-hybridized carbons (Fsp3) is 0.368. The van der Waals surface area contributed by atoms with E-state index in [9.17, 15) is 9.59 Å². The molecule has 2 N–H and O–H groups in total. The minimum Gasteiger partial charge on any atom is -0.444 e. The van der Waals surface area contributed by atoms with Crippen LogP contribution in [-0.4, -0.2) is 42.9 Å². The molecule has 1 aromatic carbocycles. The number of rotatable bonds is 5. The molecule has 138 valence electrons. The van der Waals surface area contributed by atoms with Crippen molar-refractivity contribution in [3.63, 3.8) is 0 Å². The number of hydrogen-bond acceptors (Lipinski definition) is 4. The van der Waals surface area contributed by atoms with E-state index in [4.69, 9.17) is 4.42 Å². The Bertz CT molecular complexity index is 765. The number of anilines is 1. The van der Waals surface area contributed by atoms with Gasteiger partial charge in [0.25, 0.3) is 5.91 Å². The third-order valence-corrected chi connectivity index (χ3v) is 4.88. The van der Waals surface area contributed by atoms with Gasteiger partial charge in [0.05, 0.1) is 6.42 Å². The normalized spacial score (nSPS) is 15.6. The number of nitrogens with one attached hydrogen (secondary N) is 2. The van der Waals surface area contributed by atoms with Gasteiger partial charge < -0.3 is 20.0 Å². The number of halogens is 1. The molecule has 2 aromatic rings. The van der Waals surface area contributed by atoms with E-state index in [0.717, 1.165) is 31.5 Å². The predicted molar refractivity (Wildman–Crippen MR) is 103 cm³/mol. The van der Waals surface area contributed by atoms with Gasteiger partial charge in [-0.05, 0) is 78.7 Å².